The lowest BCUT2D eigenvalue weighted by molar-refractivity contribution is 0.0584. The van der Waals surface area contributed by atoms with E-state index in [0.717, 1.165) is 59.6 Å². The minimum atomic E-state index is -1.13. The number of hydrogen-bond acceptors (Lipinski definition) is 4. The summed E-state index contributed by atoms with van der Waals surface area (Å²) in [6.07, 6.45) is 5.49. The Hall–Kier alpha value is -2.38. The van der Waals surface area contributed by atoms with Crippen LogP contribution in [0, 0.1) is 6.92 Å². The van der Waals surface area contributed by atoms with E-state index in [2.05, 4.69) is 22.1 Å². The number of benzene rings is 1. The molecule has 2 saturated heterocycles. The molecule has 154 valence electrons. The van der Waals surface area contributed by atoms with Crippen LogP contribution >= 0.6 is 11.6 Å². The number of aromatic carboxylic acids is 1. The Bertz CT molecular complexity index is 934. The smallest absolute Gasteiger partial charge is 0.356 e. The summed E-state index contributed by atoms with van der Waals surface area (Å²) < 4.78 is 1.12. The van der Waals surface area contributed by atoms with E-state index in [4.69, 9.17) is 16.7 Å². The number of carboxylic acids is 1. The average molecular weight is 417 g/mol. The van der Waals surface area contributed by atoms with Crippen molar-refractivity contribution in [2.24, 2.45) is 0 Å². The zero-order valence-corrected chi connectivity index (χ0v) is 17.2. The topological polar surface area (TPSA) is 78.7 Å². The van der Waals surface area contributed by atoms with E-state index < -0.39 is 5.97 Å². The third kappa shape index (κ3) is 3.89. The number of aryl methyl sites for hydroxylation is 1. The van der Waals surface area contributed by atoms with Crippen LogP contribution in [-0.2, 0) is 6.54 Å². The zero-order chi connectivity index (χ0) is 20.6. The van der Waals surface area contributed by atoms with Crippen molar-refractivity contribution in [3.05, 3.63) is 52.3 Å². The van der Waals surface area contributed by atoms with Gasteiger partial charge in [0, 0.05) is 36.4 Å². The molecule has 0 unspecified atom stereocenters. The maximum Gasteiger partial charge on any atom is 0.356 e. The number of amides is 1. The predicted molar refractivity (Wildman–Crippen MR) is 109 cm³/mol. The van der Waals surface area contributed by atoms with Gasteiger partial charge in [-0.3, -0.25) is 4.90 Å². The molecule has 4 rings (SSSR count). The molecule has 1 N–H and O–H groups in total. The van der Waals surface area contributed by atoms with Crippen LogP contribution in [0.2, 0.25) is 5.02 Å². The molecule has 0 bridgehead atoms. The lowest BCUT2D eigenvalue weighted by Gasteiger charge is -2.45. The molecule has 3 heterocycles. The van der Waals surface area contributed by atoms with Crippen LogP contribution < -0.4 is 0 Å². The summed E-state index contributed by atoms with van der Waals surface area (Å²) in [5, 5.41) is 13.7. The Morgan fingerprint density at radius 1 is 1.17 bits per heavy atom. The molecule has 2 fully saturated rings. The molecule has 1 amide bonds. The summed E-state index contributed by atoms with van der Waals surface area (Å²) in [7, 11) is 0. The monoisotopic (exact) mass is 416 g/mol. The second-order valence-corrected chi connectivity index (χ2v) is 8.47. The molecule has 8 heteroatoms. The Morgan fingerprint density at radius 2 is 1.93 bits per heavy atom. The molecule has 2 aromatic rings. The maximum absolute atomic E-state index is 12.7. The first kappa shape index (κ1) is 19.9. The molecule has 0 aliphatic carbocycles. The lowest BCUT2D eigenvalue weighted by atomic mass is 9.84. The molecule has 0 atom stereocenters. The first-order valence-electron chi connectivity index (χ1n) is 9.96. The van der Waals surface area contributed by atoms with Crippen molar-refractivity contribution in [1.82, 2.24) is 19.6 Å². The highest BCUT2D eigenvalue weighted by Gasteiger charge is 2.44. The van der Waals surface area contributed by atoms with Crippen LogP contribution in [0.4, 0.5) is 4.79 Å². The molecular weight excluding hydrogens is 392 g/mol. The Morgan fingerprint density at radius 3 is 2.59 bits per heavy atom. The van der Waals surface area contributed by atoms with Crippen LogP contribution in [0.3, 0.4) is 0 Å². The molecule has 2 aliphatic rings. The number of likely N-dealkylation sites (tertiary alicyclic amines) is 2. The summed E-state index contributed by atoms with van der Waals surface area (Å²) in [6, 6.07) is 7.30. The Balaban J connectivity index is 1.42. The van der Waals surface area contributed by atoms with E-state index in [9.17, 15) is 9.59 Å². The molecule has 1 aromatic heterocycles. The summed E-state index contributed by atoms with van der Waals surface area (Å²) in [5.74, 6) is -1.13. The van der Waals surface area contributed by atoms with Crippen molar-refractivity contribution in [2.75, 3.05) is 19.6 Å². The number of carboxylic acid groups (broad SMARTS) is 1. The highest BCUT2D eigenvalue weighted by molar-refractivity contribution is 6.31. The minimum absolute atomic E-state index is 0.0985. The second kappa shape index (κ2) is 7.80. The van der Waals surface area contributed by atoms with Gasteiger partial charge in [0.05, 0.1) is 0 Å². The van der Waals surface area contributed by atoms with Crippen molar-refractivity contribution in [1.29, 1.82) is 0 Å². The van der Waals surface area contributed by atoms with Gasteiger partial charge in [-0.15, -0.1) is 0 Å². The molecule has 0 saturated carbocycles. The third-order valence-electron chi connectivity index (χ3n) is 6.28. The van der Waals surface area contributed by atoms with E-state index in [-0.39, 0.29) is 17.3 Å². The fourth-order valence-electron chi connectivity index (χ4n) is 4.60. The largest absolute Gasteiger partial charge is 0.476 e. The van der Waals surface area contributed by atoms with E-state index in [1.54, 1.807) is 4.90 Å². The van der Waals surface area contributed by atoms with Gasteiger partial charge in [0.15, 0.2) is 5.69 Å². The van der Waals surface area contributed by atoms with Crippen molar-refractivity contribution < 1.29 is 14.7 Å². The molecule has 29 heavy (non-hydrogen) atoms. The van der Waals surface area contributed by atoms with E-state index in [1.165, 1.54) is 12.3 Å². The van der Waals surface area contributed by atoms with Crippen LogP contribution in [0.25, 0.3) is 0 Å². The lowest BCUT2D eigenvalue weighted by Crippen LogP contribution is -2.53. The standard InChI is InChI=1S/C21H25ClN4O3/c1-15-3-4-16(17(22)13-15)14-25-9-2-6-21(25)7-11-24(12-8-21)20(29)26-10-5-18(23-26)19(27)28/h3-5,10,13H,2,6-9,11-12,14H2,1H3,(H,27,28). The highest BCUT2D eigenvalue weighted by atomic mass is 35.5. The van der Waals surface area contributed by atoms with E-state index in [1.807, 2.05) is 13.0 Å². The number of nitrogens with zero attached hydrogens (tertiary/aromatic N) is 4. The summed E-state index contributed by atoms with van der Waals surface area (Å²) in [6.45, 7) is 5.19. The number of aromatic nitrogens is 2. The SMILES string of the molecule is Cc1ccc(CN2CCCC23CCN(C(=O)n2ccc(C(=O)O)n2)CC3)c(Cl)c1. The van der Waals surface area contributed by atoms with Gasteiger partial charge in [-0.2, -0.15) is 9.78 Å². The van der Waals surface area contributed by atoms with Gasteiger partial charge in [-0.25, -0.2) is 9.59 Å². The minimum Gasteiger partial charge on any atom is -0.476 e. The molecular formula is C21H25ClN4O3. The van der Waals surface area contributed by atoms with E-state index in [0.29, 0.717) is 13.1 Å². The summed E-state index contributed by atoms with van der Waals surface area (Å²) in [4.78, 5) is 28.0. The fraction of sp³-hybridized carbons (Fsp3) is 0.476. The molecule has 1 spiro atoms. The van der Waals surface area contributed by atoms with Gasteiger partial charge in [-0.1, -0.05) is 23.7 Å². The summed E-state index contributed by atoms with van der Waals surface area (Å²) in [5.41, 5.74) is 2.28. The average Bonchev–Trinajstić information content (AvgIpc) is 3.32. The number of carbonyl (C=O) groups is 2. The van der Waals surface area contributed by atoms with Gasteiger partial charge >= 0.3 is 12.0 Å². The highest BCUT2D eigenvalue weighted by Crippen LogP contribution is 2.40. The molecule has 2 aliphatic heterocycles. The second-order valence-electron chi connectivity index (χ2n) is 8.06. The van der Waals surface area contributed by atoms with Crippen molar-refractivity contribution in [3.63, 3.8) is 0 Å². The maximum atomic E-state index is 12.7. The van der Waals surface area contributed by atoms with Gasteiger partial charge in [0.1, 0.15) is 0 Å². The number of hydrogen-bond donors (Lipinski definition) is 1. The first-order valence-corrected chi connectivity index (χ1v) is 10.3. The van der Waals surface area contributed by atoms with Crippen molar-refractivity contribution in [2.45, 2.75) is 44.7 Å². The van der Waals surface area contributed by atoms with E-state index >= 15 is 0 Å². The van der Waals surface area contributed by atoms with Crippen molar-refractivity contribution >= 4 is 23.6 Å². The van der Waals surface area contributed by atoms with Crippen LogP contribution in [0.5, 0.6) is 0 Å². The number of carbonyl (C=O) groups excluding carboxylic acids is 1. The quantitative estimate of drug-likeness (QED) is 0.826. The van der Waals surface area contributed by atoms with Gasteiger partial charge in [0.25, 0.3) is 0 Å². The molecule has 7 nitrogen and oxygen atoms in total. The fourth-order valence-corrected chi connectivity index (χ4v) is 4.89. The normalized spacial score (nSPS) is 19.0. The number of piperidine rings is 1. The van der Waals surface area contributed by atoms with Crippen LogP contribution in [0.15, 0.2) is 30.5 Å². The molecule has 1 aromatic carbocycles. The van der Waals surface area contributed by atoms with Gasteiger partial charge < -0.3 is 10.0 Å². The third-order valence-corrected chi connectivity index (χ3v) is 6.63. The molecule has 0 radical (unpaired) electrons. The number of rotatable bonds is 3. The van der Waals surface area contributed by atoms with Crippen molar-refractivity contribution in [3.8, 4) is 0 Å². The zero-order valence-electron chi connectivity index (χ0n) is 16.5. The van der Waals surface area contributed by atoms with Gasteiger partial charge in [0.2, 0.25) is 0 Å². The summed E-state index contributed by atoms with van der Waals surface area (Å²) >= 11 is 6.46. The first-order chi connectivity index (χ1) is 13.9. The Labute approximate surface area is 174 Å². The Kier molecular flexibility index (Phi) is 5.36. The predicted octanol–water partition coefficient (Wildman–Crippen LogP) is 3.64. The van der Waals surface area contributed by atoms with Gasteiger partial charge in [-0.05, 0) is 62.4 Å². The van der Waals surface area contributed by atoms with Crippen LogP contribution in [-0.4, -0.2) is 61.9 Å². The van der Waals surface area contributed by atoms with Crippen LogP contribution in [0.1, 0.15) is 47.3 Å². The number of halogens is 1.